The van der Waals surface area contributed by atoms with Crippen molar-refractivity contribution in [1.82, 2.24) is 5.32 Å². The SMILES string of the molecule is CC(NCC1CC(F)(F)C(=O)O1)c1ccccc1. The maximum Gasteiger partial charge on any atom is 0.377 e. The van der Waals surface area contributed by atoms with Crippen LogP contribution in [0.25, 0.3) is 0 Å². The molecule has 2 rings (SSSR count). The highest BCUT2D eigenvalue weighted by molar-refractivity contribution is 5.79. The zero-order valence-corrected chi connectivity index (χ0v) is 10.0. The lowest BCUT2D eigenvalue weighted by Crippen LogP contribution is -2.29. The van der Waals surface area contributed by atoms with Crippen LogP contribution in [-0.4, -0.2) is 24.5 Å². The Hall–Kier alpha value is -1.49. The number of carbonyl (C=O) groups excluding carboxylic acids is 1. The monoisotopic (exact) mass is 255 g/mol. The molecular formula is C13H15F2NO2. The Balaban J connectivity index is 1.85. The molecule has 0 aromatic heterocycles. The fraction of sp³-hybridized carbons (Fsp3) is 0.462. The molecule has 0 saturated carbocycles. The first-order valence-corrected chi connectivity index (χ1v) is 5.86. The highest BCUT2D eigenvalue weighted by Crippen LogP contribution is 2.30. The maximum atomic E-state index is 12.9. The molecule has 1 fully saturated rings. The third-order valence-corrected chi connectivity index (χ3v) is 3.01. The summed E-state index contributed by atoms with van der Waals surface area (Å²) in [4.78, 5) is 10.8. The van der Waals surface area contributed by atoms with E-state index < -0.39 is 24.4 Å². The third kappa shape index (κ3) is 2.85. The van der Waals surface area contributed by atoms with Crippen molar-refractivity contribution in [3.05, 3.63) is 35.9 Å². The zero-order valence-electron chi connectivity index (χ0n) is 10.0. The first-order chi connectivity index (χ1) is 8.49. The van der Waals surface area contributed by atoms with E-state index in [0.29, 0.717) is 0 Å². The van der Waals surface area contributed by atoms with Crippen LogP contribution in [0.5, 0.6) is 0 Å². The van der Waals surface area contributed by atoms with Crippen LogP contribution in [0.2, 0.25) is 0 Å². The number of cyclic esters (lactones) is 1. The number of rotatable bonds is 4. The molecule has 2 unspecified atom stereocenters. The third-order valence-electron chi connectivity index (χ3n) is 3.01. The summed E-state index contributed by atoms with van der Waals surface area (Å²) >= 11 is 0. The number of nitrogens with one attached hydrogen (secondary N) is 1. The normalized spacial score (nSPS) is 23.7. The lowest BCUT2D eigenvalue weighted by molar-refractivity contribution is -0.159. The summed E-state index contributed by atoms with van der Waals surface area (Å²) < 4.78 is 30.5. The Bertz CT molecular complexity index is 422. The molecule has 0 bridgehead atoms. The van der Waals surface area contributed by atoms with E-state index >= 15 is 0 Å². The summed E-state index contributed by atoms with van der Waals surface area (Å²) in [7, 11) is 0. The van der Waals surface area contributed by atoms with Gasteiger partial charge in [0.25, 0.3) is 0 Å². The molecule has 0 amide bonds. The van der Waals surface area contributed by atoms with Crippen molar-refractivity contribution in [3.8, 4) is 0 Å². The highest BCUT2D eigenvalue weighted by atomic mass is 19.3. The van der Waals surface area contributed by atoms with Gasteiger partial charge in [-0.3, -0.25) is 0 Å². The zero-order chi connectivity index (χ0) is 13.2. The van der Waals surface area contributed by atoms with Gasteiger partial charge in [-0.25, -0.2) is 4.79 Å². The summed E-state index contributed by atoms with van der Waals surface area (Å²) in [5, 5.41) is 3.09. The van der Waals surface area contributed by atoms with Crippen LogP contribution in [0.1, 0.15) is 24.9 Å². The van der Waals surface area contributed by atoms with Crippen LogP contribution < -0.4 is 5.32 Å². The summed E-state index contributed by atoms with van der Waals surface area (Å²) in [5.41, 5.74) is 1.06. The molecule has 1 aromatic rings. The molecular weight excluding hydrogens is 240 g/mol. The van der Waals surface area contributed by atoms with Crippen molar-refractivity contribution < 1.29 is 18.3 Å². The predicted molar refractivity (Wildman–Crippen MR) is 62.3 cm³/mol. The molecule has 1 N–H and O–H groups in total. The number of carbonyl (C=O) groups is 1. The minimum absolute atomic E-state index is 0.0270. The average Bonchev–Trinajstić information content (AvgIpc) is 2.61. The smallest absolute Gasteiger partial charge is 0.377 e. The van der Waals surface area contributed by atoms with Gasteiger partial charge in [-0.05, 0) is 12.5 Å². The van der Waals surface area contributed by atoms with Crippen molar-refractivity contribution in [2.75, 3.05) is 6.54 Å². The van der Waals surface area contributed by atoms with Gasteiger partial charge in [-0.15, -0.1) is 0 Å². The predicted octanol–water partition coefficient (Wildman–Crippen LogP) is 2.29. The first kappa shape index (κ1) is 13.0. The second kappa shape index (κ2) is 5.02. The number of halogens is 2. The molecule has 1 aliphatic heterocycles. The van der Waals surface area contributed by atoms with E-state index in [4.69, 9.17) is 0 Å². The summed E-state index contributed by atoms with van der Waals surface area (Å²) in [5.74, 6) is -4.75. The van der Waals surface area contributed by atoms with Gasteiger partial charge < -0.3 is 10.1 Å². The van der Waals surface area contributed by atoms with Crippen molar-refractivity contribution in [2.24, 2.45) is 0 Å². The van der Waals surface area contributed by atoms with Gasteiger partial charge in [-0.2, -0.15) is 8.78 Å². The Morgan fingerprint density at radius 2 is 2.11 bits per heavy atom. The number of benzene rings is 1. The molecule has 2 atom stereocenters. The number of esters is 1. The molecule has 1 aromatic carbocycles. The Morgan fingerprint density at radius 1 is 1.44 bits per heavy atom. The van der Waals surface area contributed by atoms with Gasteiger partial charge in [0.1, 0.15) is 6.10 Å². The van der Waals surface area contributed by atoms with E-state index in [-0.39, 0.29) is 12.6 Å². The summed E-state index contributed by atoms with van der Waals surface area (Å²) in [6, 6.07) is 9.67. The summed E-state index contributed by atoms with van der Waals surface area (Å²) in [6.45, 7) is 2.17. The molecule has 0 spiro atoms. The Labute approximate surface area is 104 Å². The fourth-order valence-corrected chi connectivity index (χ4v) is 1.93. The van der Waals surface area contributed by atoms with Crippen LogP contribution in [-0.2, 0) is 9.53 Å². The average molecular weight is 255 g/mol. The van der Waals surface area contributed by atoms with Gasteiger partial charge in [0.05, 0.1) is 6.42 Å². The Morgan fingerprint density at radius 3 is 2.67 bits per heavy atom. The molecule has 3 nitrogen and oxygen atoms in total. The molecule has 1 heterocycles. The second-order valence-electron chi connectivity index (χ2n) is 4.48. The number of hydrogen-bond donors (Lipinski definition) is 1. The molecule has 0 aliphatic carbocycles. The van der Waals surface area contributed by atoms with Crippen LogP contribution in [0, 0.1) is 0 Å². The minimum atomic E-state index is -3.33. The molecule has 1 saturated heterocycles. The van der Waals surface area contributed by atoms with Crippen LogP contribution >= 0.6 is 0 Å². The minimum Gasteiger partial charge on any atom is -0.456 e. The lowest BCUT2D eigenvalue weighted by atomic mass is 10.1. The van der Waals surface area contributed by atoms with E-state index in [0.717, 1.165) is 5.56 Å². The van der Waals surface area contributed by atoms with E-state index in [1.165, 1.54) is 0 Å². The fourth-order valence-electron chi connectivity index (χ4n) is 1.93. The topological polar surface area (TPSA) is 38.3 Å². The van der Waals surface area contributed by atoms with E-state index in [1.54, 1.807) is 0 Å². The number of ether oxygens (including phenoxy) is 1. The standard InChI is InChI=1S/C13H15F2NO2/c1-9(10-5-3-2-4-6-10)16-8-11-7-13(14,15)12(17)18-11/h2-6,9,11,16H,7-8H2,1H3. The quantitative estimate of drug-likeness (QED) is 0.839. The van der Waals surface area contributed by atoms with Crippen molar-refractivity contribution in [3.63, 3.8) is 0 Å². The number of hydrogen-bond acceptors (Lipinski definition) is 3. The second-order valence-corrected chi connectivity index (χ2v) is 4.48. The van der Waals surface area contributed by atoms with Crippen molar-refractivity contribution >= 4 is 5.97 Å². The van der Waals surface area contributed by atoms with Gasteiger partial charge in [-0.1, -0.05) is 30.3 Å². The van der Waals surface area contributed by atoms with Gasteiger partial charge in [0, 0.05) is 12.6 Å². The van der Waals surface area contributed by atoms with Crippen molar-refractivity contribution in [2.45, 2.75) is 31.4 Å². The molecule has 1 aliphatic rings. The highest BCUT2D eigenvalue weighted by Gasteiger charge is 2.50. The first-order valence-electron chi connectivity index (χ1n) is 5.86. The number of alkyl halides is 2. The van der Waals surface area contributed by atoms with Gasteiger partial charge >= 0.3 is 11.9 Å². The molecule has 5 heteroatoms. The van der Waals surface area contributed by atoms with E-state index in [1.807, 2.05) is 37.3 Å². The lowest BCUT2D eigenvalue weighted by Gasteiger charge is -2.16. The van der Waals surface area contributed by atoms with Crippen molar-refractivity contribution in [1.29, 1.82) is 0 Å². The van der Waals surface area contributed by atoms with Crippen LogP contribution in [0.4, 0.5) is 8.78 Å². The summed E-state index contributed by atoms with van der Waals surface area (Å²) in [6.07, 6.45) is -1.29. The molecule has 98 valence electrons. The maximum absolute atomic E-state index is 12.9. The van der Waals surface area contributed by atoms with Crippen LogP contribution in [0.3, 0.4) is 0 Å². The largest absolute Gasteiger partial charge is 0.456 e. The van der Waals surface area contributed by atoms with Crippen LogP contribution in [0.15, 0.2) is 30.3 Å². The van der Waals surface area contributed by atoms with Gasteiger partial charge in [0.2, 0.25) is 0 Å². The van der Waals surface area contributed by atoms with E-state index in [9.17, 15) is 13.6 Å². The molecule has 0 radical (unpaired) electrons. The Kier molecular flexibility index (Phi) is 3.61. The van der Waals surface area contributed by atoms with Gasteiger partial charge in [0.15, 0.2) is 0 Å². The van der Waals surface area contributed by atoms with E-state index in [2.05, 4.69) is 10.1 Å². The molecule has 18 heavy (non-hydrogen) atoms.